The summed E-state index contributed by atoms with van der Waals surface area (Å²) in [6, 6.07) is 15.5. The summed E-state index contributed by atoms with van der Waals surface area (Å²) in [5.41, 5.74) is 0.0794. The number of carbonyl (C=O) groups is 5. The molecular formula is C25H20N2O8S. The second kappa shape index (κ2) is 11.2. The van der Waals surface area contributed by atoms with Gasteiger partial charge in [0.1, 0.15) is 0 Å². The number of aromatic carboxylic acids is 3. The molecule has 0 heterocycles. The minimum absolute atomic E-state index is 0.110. The number of carbonyl (C=O) groups excluding carboxylic acids is 2. The molecule has 0 aliphatic rings. The van der Waals surface area contributed by atoms with Gasteiger partial charge in [0, 0.05) is 16.3 Å². The summed E-state index contributed by atoms with van der Waals surface area (Å²) in [7, 11) is 0. The Kier molecular flexibility index (Phi) is 8.07. The van der Waals surface area contributed by atoms with Crippen molar-refractivity contribution in [1.82, 2.24) is 0 Å². The van der Waals surface area contributed by atoms with Gasteiger partial charge in [-0.05, 0) is 73.7 Å². The molecule has 0 aromatic heterocycles. The van der Waals surface area contributed by atoms with Gasteiger partial charge in [0.15, 0.2) is 0 Å². The molecule has 1 unspecified atom stereocenters. The monoisotopic (exact) mass is 508 g/mol. The van der Waals surface area contributed by atoms with Gasteiger partial charge in [-0.3, -0.25) is 9.59 Å². The van der Waals surface area contributed by atoms with Gasteiger partial charge in [0.2, 0.25) is 5.91 Å². The van der Waals surface area contributed by atoms with Gasteiger partial charge in [-0.15, -0.1) is 11.8 Å². The lowest BCUT2D eigenvalue weighted by Crippen LogP contribution is -2.22. The van der Waals surface area contributed by atoms with E-state index in [1.807, 2.05) is 0 Å². The molecule has 5 N–H and O–H groups in total. The third-order valence-electron chi connectivity index (χ3n) is 4.94. The van der Waals surface area contributed by atoms with Gasteiger partial charge >= 0.3 is 17.9 Å². The summed E-state index contributed by atoms with van der Waals surface area (Å²) < 4.78 is 0. The van der Waals surface area contributed by atoms with Crippen LogP contribution in [0, 0.1) is 0 Å². The summed E-state index contributed by atoms with van der Waals surface area (Å²) in [5.74, 6) is -4.80. The number of nitrogens with one attached hydrogen (secondary N) is 2. The predicted molar refractivity (Wildman–Crippen MR) is 132 cm³/mol. The van der Waals surface area contributed by atoms with Gasteiger partial charge < -0.3 is 26.0 Å². The lowest BCUT2D eigenvalue weighted by Gasteiger charge is -2.13. The number of hydrogen-bond acceptors (Lipinski definition) is 6. The number of hydrogen-bond donors (Lipinski definition) is 5. The molecule has 1 atom stereocenters. The second-order valence-electron chi connectivity index (χ2n) is 7.48. The summed E-state index contributed by atoms with van der Waals surface area (Å²) >= 11 is 1.26. The standard InChI is InChI=1S/C25H20N2O8S/c1-13(21(28)26-16-5-2-14(3-6-16)23(30)31)36-18-9-7-17(8-10-18)27-22(29)19-11-4-15(24(32)33)12-20(19)25(34)35/h2-13H,1H3,(H,26,28)(H,27,29)(H,30,31)(H,32,33)(H,34,35). The lowest BCUT2D eigenvalue weighted by atomic mass is 10.0. The quantitative estimate of drug-likeness (QED) is 0.266. The largest absolute Gasteiger partial charge is 0.478 e. The predicted octanol–water partition coefficient (Wildman–Crippen LogP) is 4.15. The van der Waals surface area contributed by atoms with E-state index in [0.717, 1.165) is 23.1 Å². The summed E-state index contributed by atoms with van der Waals surface area (Å²) in [4.78, 5) is 59.3. The van der Waals surface area contributed by atoms with Crippen molar-refractivity contribution in [3.05, 3.63) is 89.0 Å². The van der Waals surface area contributed by atoms with E-state index in [2.05, 4.69) is 10.6 Å². The molecule has 0 aliphatic heterocycles. The van der Waals surface area contributed by atoms with E-state index in [-0.39, 0.29) is 22.6 Å². The van der Waals surface area contributed by atoms with E-state index < -0.39 is 34.6 Å². The van der Waals surface area contributed by atoms with Crippen LogP contribution in [0.4, 0.5) is 11.4 Å². The van der Waals surface area contributed by atoms with Crippen LogP contribution in [-0.2, 0) is 4.79 Å². The van der Waals surface area contributed by atoms with Crippen LogP contribution in [0.25, 0.3) is 0 Å². The lowest BCUT2D eigenvalue weighted by molar-refractivity contribution is -0.115. The van der Waals surface area contributed by atoms with Crippen molar-refractivity contribution in [2.75, 3.05) is 10.6 Å². The van der Waals surface area contributed by atoms with Crippen molar-refractivity contribution in [2.24, 2.45) is 0 Å². The highest BCUT2D eigenvalue weighted by molar-refractivity contribution is 8.00. The SMILES string of the molecule is CC(Sc1ccc(NC(=O)c2ccc(C(=O)O)cc2C(=O)O)cc1)C(=O)Nc1ccc(C(=O)O)cc1. The van der Waals surface area contributed by atoms with Crippen LogP contribution >= 0.6 is 11.8 Å². The smallest absolute Gasteiger partial charge is 0.336 e. The fraction of sp³-hybridized carbons (Fsp3) is 0.0800. The number of thioether (sulfide) groups is 1. The van der Waals surface area contributed by atoms with Gasteiger partial charge in [-0.1, -0.05) is 0 Å². The van der Waals surface area contributed by atoms with Crippen LogP contribution in [0.3, 0.4) is 0 Å². The summed E-state index contributed by atoms with van der Waals surface area (Å²) in [6.45, 7) is 1.70. The average Bonchev–Trinajstić information content (AvgIpc) is 2.84. The Morgan fingerprint density at radius 3 is 1.75 bits per heavy atom. The minimum atomic E-state index is -1.43. The minimum Gasteiger partial charge on any atom is -0.478 e. The van der Waals surface area contributed by atoms with Gasteiger partial charge in [0.25, 0.3) is 5.91 Å². The molecule has 0 bridgehead atoms. The molecule has 0 fully saturated rings. The van der Waals surface area contributed by atoms with Crippen LogP contribution in [0.2, 0.25) is 0 Å². The Hall–Kier alpha value is -4.64. The van der Waals surface area contributed by atoms with Crippen molar-refractivity contribution < 1.29 is 39.3 Å². The van der Waals surface area contributed by atoms with Crippen molar-refractivity contribution >= 4 is 52.9 Å². The fourth-order valence-electron chi connectivity index (χ4n) is 3.07. The highest BCUT2D eigenvalue weighted by atomic mass is 32.2. The molecule has 10 nitrogen and oxygen atoms in total. The molecular weight excluding hydrogens is 488 g/mol. The third kappa shape index (κ3) is 6.48. The van der Waals surface area contributed by atoms with Gasteiger partial charge in [-0.2, -0.15) is 0 Å². The first kappa shape index (κ1) is 26.0. The zero-order chi connectivity index (χ0) is 26.4. The van der Waals surface area contributed by atoms with Crippen LogP contribution in [-0.4, -0.2) is 50.3 Å². The topological polar surface area (TPSA) is 170 Å². The van der Waals surface area contributed by atoms with E-state index in [0.29, 0.717) is 11.4 Å². The third-order valence-corrected chi connectivity index (χ3v) is 6.05. The molecule has 184 valence electrons. The Balaban J connectivity index is 1.62. The molecule has 0 aliphatic carbocycles. The maximum Gasteiger partial charge on any atom is 0.336 e. The zero-order valence-electron chi connectivity index (χ0n) is 18.7. The molecule has 3 rings (SSSR count). The molecule has 3 aromatic carbocycles. The van der Waals surface area contributed by atoms with Crippen LogP contribution in [0.1, 0.15) is 48.4 Å². The van der Waals surface area contributed by atoms with Crippen molar-refractivity contribution in [1.29, 1.82) is 0 Å². The van der Waals surface area contributed by atoms with E-state index in [1.165, 1.54) is 36.0 Å². The second-order valence-corrected chi connectivity index (χ2v) is 8.90. The van der Waals surface area contributed by atoms with Gasteiger partial charge in [0.05, 0.1) is 27.5 Å². The first-order valence-electron chi connectivity index (χ1n) is 10.4. The normalized spacial score (nSPS) is 11.2. The van der Waals surface area contributed by atoms with Crippen molar-refractivity contribution in [3.63, 3.8) is 0 Å². The molecule has 0 radical (unpaired) electrons. The number of rotatable bonds is 9. The number of benzene rings is 3. The molecule has 36 heavy (non-hydrogen) atoms. The van der Waals surface area contributed by atoms with E-state index in [4.69, 9.17) is 10.2 Å². The van der Waals surface area contributed by atoms with Gasteiger partial charge in [-0.25, -0.2) is 14.4 Å². The molecule has 0 saturated heterocycles. The molecule has 11 heteroatoms. The summed E-state index contributed by atoms with van der Waals surface area (Å²) in [6.07, 6.45) is 0. The molecule has 0 spiro atoms. The van der Waals surface area contributed by atoms with E-state index >= 15 is 0 Å². The highest BCUT2D eigenvalue weighted by Crippen LogP contribution is 2.26. The Morgan fingerprint density at radius 1 is 0.667 bits per heavy atom. The Labute approximate surface area is 209 Å². The fourth-order valence-corrected chi connectivity index (χ4v) is 3.93. The molecule has 2 amide bonds. The van der Waals surface area contributed by atoms with Crippen LogP contribution in [0.5, 0.6) is 0 Å². The maximum absolute atomic E-state index is 12.6. The average molecular weight is 509 g/mol. The van der Waals surface area contributed by atoms with Crippen LogP contribution in [0.15, 0.2) is 71.6 Å². The Bertz CT molecular complexity index is 1340. The van der Waals surface area contributed by atoms with E-state index in [1.54, 1.807) is 31.2 Å². The first-order chi connectivity index (χ1) is 17.0. The number of anilines is 2. The number of carboxylic acids is 3. The van der Waals surface area contributed by atoms with Crippen molar-refractivity contribution in [2.45, 2.75) is 17.1 Å². The Morgan fingerprint density at radius 2 is 1.19 bits per heavy atom. The molecule has 3 aromatic rings. The van der Waals surface area contributed by atoms with Crippen LogP contribution < -0.4 is 10.6 Å². The highest BCUT2D eigenvalue weighted by Gasteiger charge is 2.20. The van der Waals surface area contributed by atoms with Crippen molar-refractivity contribution in [3.8, 4) is 0 Å². The number of amides is 2. The maximum atomic E-state index is 12.6. The van der Waals surface area contributed by atoms with E-state index in [9.17, 15) is 29.1 Å². The zero-order valence-corrected chi connectivity index (χ0v) is 19.5. The summed E-state index contributed by atoms with van der Waals surface area (Å²) in [5, 5.41) is 32.1. The molecule has 0 saturated carbocycles. The first-order valence-corrected chi connectivity index (χ1v) is 11.3. The number of carboxylic acid groups (broad SMARTS) is 3.